The highest BCUT2D eigenvalue weighted by Crippen LogP contribution is 2.30. The lowest BCUT2D eigenvalue weighted by molar-refractivity contribution is 0.122. The first-order chi connectivity index (χ1) is 9.91. The van der Waals surface area contributed by atoms with Crippen LogP contribution in [0.2, 0.25) is 0 Å². The van der Waals surface area contributed by atoms with Gasteiger partial charge in [-0.25, -0.2) is 12.7 Å². The molecular formula is C16H25NO3S. The number of aliphatic hydroxyl groups excluding tert-OH is 1. The highest BCUT2D eigenvalue weighted by Gasteiger charge is 2.27. The van der Waals surface area contributed by atoms with Crippen LogP contribution in [-0.2, 0) is 16.4 Å². The molecule has 1 aromatic carbocycles. The molecule has 118 valence electrons. The predicted molar refractivity (Wildman–Crippen MR) is 84.5 cm³/mol. The van der Waals surface area contributed by atoms with Crippen LogP contribution in [0, 0.1) is 5.92 Å². The van der Waals surface area contributed by atoms with E-state index in [1.54, 1.807) is 4.31 Å². The van der Waals surface area contributed by atoms with Crippen LogP contribution in [-0.4, -0.2) is 37.2 Å². The minimum atomic E-state index is -3.12. The van der Waals surface area contributed by atoms with E-state index in [-0.39, 0.29) is 5.92 Å². The summed E-state index contributed by atoms with van der Waals surface area (Å²) in [4.78, 5) is 0. The Morgan fingerprint density at radius 1 is 1.38 bits per heavy atom. The molecule has 1 N–H and O–H groups in total. The van der Waals surface area contributed by atoms with Crippen LogP contribution in [0.4, 0.5) is 0 Å². The summed E-state index contributed by atoms with van der Waals surface area (Å²) in [7, 11) is -3.12. The van der Waals surface area contributed by atoms with Crippen LogP contribution in [0.25, 0.3) is 0 Å². The summed E-state index contributed by atoms with van der Waals surface area (Å²) in [6, 6.07) is 7.95. The lowest BCUT2D eigenvalue weighted by atomic mass is 9.89. The third-order valence-electron chi connectivity index (χ3n) is 4.30. The molecule has 1 heterocycles. The predicted octanol–water partition coefficient (Wildman–Crippen LogP) is 2.34. The summed E-state index contributed by atoms with van der Waals surface area (Å²) in [5, 5.41) is 10.5. The van der Waals surface area contributed by atoms with Gasteiger partial charge in [-0.05, 0) is 42.7 Å². The van der Waals surface area contributed by atoms with Gasteiger partial charge in [0.15, 0.2) is 0 Å². The van der Waals surface area contributed by atoms with E-state index >= 15 is 0 Å². The van der Waals surface area contributed by atoms with Crippen LogP contribution in [0.1, 0.15) is 43.4 Å². The lowest BCUT2D eigenvalue weighted by Crippen LogP contribution is -2.39. The minimum absolute atomic E-state index is 0.230. The molecule has 1 saturated heterocycles. The SMILES string of the molecule is CCc1ccccc1C(O)CC1CCCN(S(C)(=O)=O)C1. The molecule has 5 heteroatoms. The zero-order chi connectivity index (χ0) is 15.5. The number of rotatable bonds is 5. The molecule has 4 nitrogen and oxygen atoms in total. The molecule has 21 heavy (non-hydrogen) atoms. The Labute approximate surface area is 127 Å². The molecule has 1 fully saturated rings. The second kappa shape index (κ2) is 6.90. The fourth-order valence-electron chi connectivity index (χ4n) is 3.14. The Hall–Kier alpha value is -0.910. The molecule has 0 aliphatic carbocycles. The van der Waals surface area contributed by atoms with Gasteiger partial charge in [0.05, 0.1) is 12.4 Å². The van der Waals surface area contributed by atoms with Crippen molar-refractivity contribution >= 4 is 10.0 Å². The van der Waals surface area contributed by atoms with E-state index in [0.29, 0.717) is 19.5 Å². The highest BCUT2D eigenvalue weighted by molar-refractivity contribution is 7.88. The van der Waals surface area contributed by atoms with Crippen molar-refractivity contribution in [2.45, 2.75) is 38.7 Å². The van der Waals surface area contributed by atoms with Gasteiger partial charge in [0.25, 0.3) is 0 Å². The molecule has 2 atom stereocenters. The second-order valence-corrected chi connectivity index (χ2v) is 7.92. The Kier molecular flexibility index (Phi) is 5.41. The molecule has 0 amide bonds. The van der Waals surface area contributed by atoms with E-state index in [1.807, 2.05) is 24.3 Å². The van der Waals surface area contributed by atoms with Crippen molar-refractivity contribution in [2.75, 3.05) is 19.3 Å². The van der Waals surface area contributed by atoms with Gasteiger partial charge < -0.3 is 5.11 Å². The quantitative estimate of drug-likeness (QED) is 0.908. The third-order valence-corrected chi connectivity index (χ3v) is 5.57. The summed E-state index contributed by atoms with van der Waals surface area (Å²) in [6.45, 7) is 3.22. The molecule has 1 aliphatic heterocycles. The highest BCUT2D eigenvalue weighted by atomic mass is 32.2. The number of piperidine rings is 1. The van der Waals surface area contributed by atoms with E-state index in [4.69, 9.17) is 0 Å². The monoisotopic (exact) mass is 311 g/mol. The zero-order valence-corrected chi connectivity index (χ0v) is 13.6. The van der Waals surface area contributed by atoms with Crippen molar-refractivity contribution in [1.29, 1.82) is 0 Å². The van der Waals surface area contributed by atoms with Gasteiger partial charge in [-0.15, -0.1) is 0 Å². The Morgan fingerprint density at radius 3 is 2.76 bits per heavy atom. The average Bonchev–Trinajstić information content (AvgIpc) is 2.46. The summed E-state index contributed by atoms with van der Waals surface area (Å²) in [5.74, 6) is 0.230. The summed E-state index contributed by atoms with van der Waals surface area (Å²) < 4.78 is 24.8. The van der Waals surface area contributed by atoms with Crippen molar-refractivity contribution in [3.05, 3.63) is 35.4 Å². The van der Waals surface area contributed by atoms with Crippen molar-refractivity contribution in [1.82, 2.24) is 4.31 Å². The third kappa shape index (κ3) is 4.28. The molecule has 0 radical (unpaired) electrons. The molecular weight excluding hydrogens is 286 g/mol. The number of aliphatic hydroxyl groups is 1. The topological polar surface area (TPSA) is 57.6 Å². The summed E-state index contributed by atoms with van der Waals surface area (Å²) in [5.41, 5.74) is 2.15. The van der Waals surface area contributed by atoms with Crippen molar-refractivity contribution in [3.63, 3.8) is 0 Å². The van der Waals surface area contributed by atoms with E-state index in [0.717, 1.165) is 24.8 Å². The largest absolute Gasteiger partial charge is 0.388 e. The molecule has 2 unspecified atom stereocenters. The minimum Gasteiger partial charge on any atom is -0.388 e. The standard InChI is InChI=1S/C16H25NO3S/c1-3-14-8-4-5-9-15(14)16(18)11-13-7-6-10-17(12-13)21(2,19)20/h4-5,8-9,13,16,18H,3,6-7,10-12H2,1-2H3. The molecule has 0 saturated carbocycles. The van der Waals surface area contributed by atoms with Gasteiger partial charge in [-0.2, -0.15) is 0 Å². The Bertz CT molecular complexity index is 571. The second-order valence-electron chi connectivity index (χ2n) is 5.93. The maximum Gasteiger partial charge on any atom is 0.211 e. The van der Waals surface area contributed by atoms with E-state index in [1.165, 1.54) is 11.8 Å². The molecule has 2 rings (SSSR count). The summed E-state index contributed by atoms with van der Waals surface area (Å²) in [6.07, 6.45) is 4.14. The molecule has 0 aromatic heterocycles. The van der Waals surface area contributed by atoms with Gasteiger partial charge in [0, 0.05) is 13.1 Å². The first-order valence-corrected chi connectivity index (χ1v) is 9.47. The first kappa shape index (κ1) is 16.5. The Morgan fingerprint density at radius 2 is 2.10 bits per heavy atom. The number of hydrogen-bond acceptors (Lipinski definition) is 3. The van der Waals surface area contributed by atoms with Gasteiger partial charge in [-0.1, -0.05) is 31.2 Å². The Balaban J connectivity index is 2.04. The van der Waals surface area contributed by atoms with Crippen LogP contribution < -0.4 is 0 Å². The van der Waals surface area contributed by atoms with Crippen molar-refractivity contribution < 1.29 is 13.5 Å². The smallest absolute Gasteiger partial charge is 0.211 e. The van der Waals surface area contributed by atoms with Gasteiger partial charge in [0.2, 0.25) is 10.0 Å². The number of sulfonamides is 1. The number of aryl methyl sites for hydroxylation is 1. The van der Waals surface area contributed by atoms with Crippen molar-refractivity contribution in [2.24, 2.45) is 5.92 Å². The molecule has 0 bridgehead atoms. The van der Waals surface area contributed by atoms with Gasteiger partial charge in [0.1, 0.15) is 0 Å². The normalized spacial score (nSPS) is 22.1. The van der Waals surface area contributed by atoms with Gasteiger partial charge >= 0.3 is 0 Å². The number of nitrogens with zero attached hydrogens (tertiary/aromatic N) is 1. The number of hydrogen-bond donors (Lipinski definition) is 1. The lowest BCUT2D eigenvalue weighted by Gasteiger charge is -2.32. The van der Waals surface area contributed by atoms with E-state index in [2.05, 4.69) is 6.92 Å². The zero-order valence-electron chi connectivity index (χ0n) is 12.8. The van der Waals surface area contributed by atoms with Crippen molar-refractivity contribution in [3.8, 4) is 0 Å². The first-order valence-electron chi connectivity index (χ1n) is 7.62. The fraction of sp³-hybridized carbons (Fsp3) is 0.625. The van der Waals surface area contributed by atoms with Crippen LogP contribution >= 0.6 is 0 Å². The van der Waals surface area contributed by atoms with Gasteiger partial charge in [-0.3, -0.25) is 0 Å². The van der Waals surface area contributed by atoms with Crippen LogP contribution in [0.3, 0.4) is 0 Å². The molecule has 1 aliphatic rings. The molecule has 1 aromatic rings. The fourth-order valence-corrected chi connectivity index (χ4v) is 4.09. The molecule has 0 spiro atoms. The average molecular weight is 311 g/mol. The maximum atomic E-state index is 11.7. The van der Waals surface area contributed by atoms with E-state index < -0.39 is 16.1 Å². The number of benzene rings is 1. The van der Waals surface area contributed by atoms with Crippen LogP contribution in [0.15, 0.2) is 24.3 Å². The maximum absolute atomic E-state index is 11.7. The van der Waals surface area contributed by atoms with E-state index in [9.17, 15) is 13.5 Å². The summed E-state index contributed by atoms with van der Waals surface area (Å²) >= 11 is 0. The van der Waals surface area contributed by atoms with Crippen LogP contribution in [0.5, 0.6) is 0 Å².